The number of hydrogen-bond acceptors (Lipinski definition) is 2. The number of hydrogen-bond donors (Lipinski definition) is 1. The number of fused-ring (bicyclic) bond motifs is 1. The van der Waals surface area contributed by atoms with E-state index < -0.39 is 0 Å². The number of rotatable bonds is 1. The van der Waals surface area contributed by atoms with E-state index in [1.807, 2.05) is 6.20 Å². The molecule has 0 aromatic carbocycles. The van der Waals surface area contributed by atoms with Gasteiger partial charge in [0.05, 0.1) is 11.9 Å². The van der Waals surface area contributed by atoms with E-state index in [-0.39, 0.29) is 11.1 Å². The van der Waals surface area contributed by atoms with Crippen LogP contribution in [0.25, 0.3) is 11.0 Å². The molecule has 0 spiro atoms. The Morgan fingerprint density at radius 2 is 1.78 bits per heavy atom. The first-order valence-corrected chi connectivity index (χ1v) is 6.43. The quantitative estimate of drug-likeness (QED) is 0.823. The van der Waals surface area contributed by atoms with Crippen LogP contribution >= 0.6 is 0 Å². The van der Waals surface area contributed by atoms with Crippen LogP contribution in [-0.2, 0) is 5.54 Å². The van der Waals surface area contributed by atoms with Gasteiger partial charge >= 0.3 is 0 Å². The monoisotopic (exact) mass is 245 g/mol. The summed E-state index contributed by atoms with van der Waals surface area (Å²) in [6.07, 6.45) is 4.02. The molecule has 2 heterocycles. The summed E-state index contributed by atoms with van der Waals surface area (Å²) in [4.78, 5) is 4.59. The van der Waals surface area contributed by atoms with Gasteiger partial charge in [-0.25, -0.2) is 4.98 Å². The number of nitrogens with zero attached hydrogens (tertiary/aromatic N) is 2. The van der Waals surface area contributed by atoms with Gasteiger partial charge in [-0.15, -0.1) is 0 Å². The molecule has 3 nitrogen and oxygen atoms in total. The molecular weight excluding hydrogens is 222 g/mol. The maximum Gasteiger partial charge on any atom is 0.140 e. The number of nitrogens with one attached hydrogen (secondary N) is 1. The van der Waals surface area contributed by atoms with E-state index in [1.165, 1.54) is 5.39 Å². The molecule has 0 fully saturated rings. The average Bonchev–Trinajstić information content (AvgIpc) is 2.56. The molecule has 0 saturated heterocycles. The largest absolute Gasteiger partial charge is 0.379 e. The van der Waals surface area contributed by atoms with E-state index in [2.05, 4.69) is 74.7 Å². The predicted molar refractivity (Wildman–Crippen MR) is 78.1 cm³/mol. The summed E-state index contributed by atoms with van der Waals surface area (Å²) in [5.41, 5.74) is 2.24. The Morgan fingerprint density at radius 3 is 2.33 bits per heavy atom. The molecular formula is C15H23N3. The lowest BCUT2D eigenvalue weighted by atomic mass is 10.1. The highest BCUT2D eigenvalue weighted by atomic mass is 15.1. The van der Waals surface area contributed by atoms with E-state index in [0.717, 1.165) is 11.3 Å². The van der Waals surface area contributed by atoms with Crippen molar-refractivity contribution >= 4 is 16.7 Å². The first-order chi connectivity index (χ1) is 8.17. The standard InChI is InChI=1S/C15H23N3/c1-14(2,3)17-12-9-11-7-8-18(15(4,5)6)13(11)16-10-12/h7-10,17H,1-6H3. The summed E-state index contributed by atoms with van der Waals surface area (Å²) >= 11 is 0. The second kappa shape index (κ2) is 4.01. The fourth-order valence-corrected chi connectivity index (χ4v) is 2.07. The van der Waals surface area contributed by atoms with Crippen molar-refractivity contribution in [3.05, 3.63) is 24.5 Å². The zero-order valence-electron chi connectivity index (χ0n) is 12.2. The highest BCUT2D eigenvalue weighted by Gasteiger charge is 2.16. The maximum absolute atomic E-state index is 4.59. The third kappa shape index (κ3) is 2.66. The number of pyridine rings is 1. The Bertz CT molecular complexity index is 553. The first kappa shape index (κ1) is 12.9. The van der Waals surface area contributed by atoms with Crippen molar-refractivity contribution < 1.29 is 0 Å². The van der Waals surface area contributed by atoms with Crippen molar-refractivity contribution in [2.24, 2.45) is 0 Å². The summed E-state index contributed by atoms with van der Waals surface area (Å²) in [6.45, 7) is 13.0. The molecule has 2 aromatic heterocycles. The average molecular weight is 245 g/mol. The molecule has 0 amide bonds. The Kier molecular flexibility index (Phi) is 2.88. The van der Waals surface area contributed by atoms with Crippen LogP contribution in [-0.4, -0.2) is 15.1 Å². The van der Waals surface area contributed by atoms with Crippen molar-refractivity contribution in [3.8, 4) is 0 Å². The lowest BCUT2D eigenvalue weighted by Gasteiger charge is -2.23. The van der Waals surface area contributed by atoms with E-state index in [9.17, 15) is 0 Å². The van der Waals surface area contributed by atoms with E-state index >= 15 is 0 Å². The fraction of sp³-hybridized carbons (Fsp3) is 0.533. The predicted octanol–water partition coefficient (Wildman–Crippen LogP) is 4.00. The van der Waals surface area contributed by atoms with E-state index in [4.69, 9.17) is 0 Å². The highest BCUT2D eigenvalue weighted by Crippen LogP contribution is 2.25. The van der Waals surface area contributed by atoms with Gasteiger partial charge in [0.25, 0.3) is 0 Å². The first-order valence-electron chi connectivity index (χ1n) is 6.43. The summed E-state index contributed by atoms with van der Waals surface area (Å²) in [5.74, 6) is 0. The molecule has 0 radical (unpaired) electrons. The zero-order valence-corrected chi connectivity index (χ0v) is 12.2. The lowest BCUT2D eigenvalue weighted by Crippen LogP contribution is -2.26. The smallest absolute Gasteiger partial charge is 0.140 e. The highest BCUT2D eigenvalue weighted by molar-refractivity contribution is 5.80. The third-order valence-electron chi connectivity index (χ3n) is 2.77. The molecule has 2 rings (SSSR count). The Balaban J connectivity index is 2.43. The molecule has 0 aliphatic carbocycles. The summed E-state index contributed by atoms with van der Waals surface area (Å²) in [7, 11) is 0. The number of aromatic nitrogens is 2. The normalized spacial score (nSPS) is 13.0. The van der Waals surface area contributed by atoms with Crippen molar-refractivity contribution in [1.82, 2.24) is 9.55 Å². The van der Waals surface area contributed by atoms with Gasteiger partial charge in [0.15, 0.2) is 0 Å². The topological polar surface area (TPSA) is 29.9 Å². The van der Waals surface area contributed by atoms with Crippen molar-refractivity contribution in [3.63, 3.8) is 0 Å². The SMILES string of the molecule is CC(C)(C)Nc1cnc2c(ccn2C(C)(C)C)c1. The molecule has 1 N–H and O–H groups in total. The molecule has 0 bridgehead atoms. The van der Waals surface area contributed by atoms with Crippen LogP contribution in [0.3, 0.4) is 0 Å². The molecule has 18 heavy (non-hydrogen) atoms. The van der Waals surface area contributed by atoms with Crippen LogP contribution in [0.4, 0.5) is 5.69 Å². The molecule has 0 atom stereocenters. The van der Waals surface area contributed by atoms with E-state index in [0.29, 0.717) is 0 Å². The van der Waals surface area contributed by atoms with Gasteiger partial charge in [-0.2, -0.15) is 0 Å². The minimum absolute atomic E-state index is 0.0575. The maximum atomic E-state index is 4.59. The van der Waals surface area contributed by atoms with Crippen LogP contribution in [0, 0.1) is 0 Å². The molecule has 0 unspecified atom stereocenters. The minimum Gasteiger partial charge on any atom is -0.379 e. The van der Waals surface area contributed by atoms with E-state index in [1.54, 1.807) is 0 Å². The van der Waals surface area contributed by atoms with Crippen LogP contribution in [0.2, 0.25) is 0 Å². The summed E-state index contributed by atoms with van der Waals surface area (Å²) < 4.78 is 2.21. The molecule has 0 saturated carbocycles. The zero-order chi connectivity index (χ0) is 13.6. The molecule has 0 aliphatic rings. The van der Waals surface area contributed by atoms with Crippen LogP contribution < -0.4 is 5.32 Å². The van der Waals surface area contributed by atoms with Crippen molar-refractivity contribution in [2.75, 3.05) is 5.32 Å². The fourth-order valence-electron chi connectivity index (χ4n) is 2.07. The number of anilines is 1. The molecule has 2 aromatic rings. The Morgan fingerprint density at radius 1 is 1.11 bits per heavy atom. The lowest BCUT2D eigenvalue weighted by molar-refractivity contribution is 0.408. The Labute approximate surface area is 109 Å². The summed E-state index contributed by atoms with van der Waals surface area (Å²) in [6, 6.07) is 4.29. The van der Waals surface area contributed by atoms with Crippen molar-refractivity contribution in [2.45, 2.75) is 52.6 Å². The second-order valence-corrected chi connectivity index (χ2v) is 6.87. The van der Waals surface area contributed by atoms with Gasteiger partial charge in [0.1, 0.15) is 5.65 Å². The van der Waals surface area contributed by atoms with Gasteiger partial charge in [-0.3, -0.25) is 0 Å². The van der Waals surface area contributed by atoms with Gasteiger partial charge in [-0.1, -0.05) is 0 Å². The minimum atomic E-state index is 0.0575. The summed E-state index contributed by atoms with van der Waals surface area (Å²) in [5, 5.41) is 4.63. The Hall–Kier alpha value is -1.51. The van der Waals surface area contributed by atoms with Gasteiger partial charge < -0.3 is 9.88 Å². The van der Waals surface area contributed by atoms with Gasteiger partial charge in [0.2, 0.25) is 0 Å². The third-order valence-corrected chi connectivity index (χ3v) is 2.77. The van der Waals surface area contributed by atoms with Crippen LogP contribution in [0.15, 0.2) is 24.5 Å². The van der Waals surface area contributed by atoms with Crippen molar-refractivity contribution in [1.29, 1.82) is 0 Å². The van der Waals surface area contributed by atoms with Gasteiger partial charge in [0, 0.05) is 22.7 Å². The molecule has 0 aliphatic heterocycles. The second-order valence-electron chi connectivity index (χ2n) is 6.87. The molecule has 3 heteroatoms. The van der Waals surface area contributed by atoms with Crippen LogP contribution in [0.5, 0.6) is 0 Å². The molecule has 98 valence electrons. The van der Waals surface area contributed by atoms with Crippen LogP contribution in [0.1, 0.15) is 41.5 Å². The van der Waals surface area contributed by atoms with Gasteiger partial charge in [-0.05, 0) is 53.7 Å².